The SMILES string of the molecule is Cn1nc(-c2c(O)c(Cl)cc3c2CCCC3)cc1N. The Bertz CT molecular complexity index is 629. The van der Waals surface area contributed by atoms with Gasteiger partial charge < -0.3 is 10.8 Å². The van der Waals surface area contributed by atoms with Crippen LogP contribution in [0.5, 0.6) is 5.75 Å². The Balaban J connectivity index is 2.26. The lowest BCUT2D eigenvalue weighted by Crippen LogP contribution is -2.05. The summed E-state index contributed by atoms with van der Waals surface area (Å²) in [4.78, 5) is 0. The first kappa shape index (κ1) is 12.4. The average molecular weight is 278 g/mol. The second-order valence-corrected chi connectivity index (χ2v) is 5.41. The molecule has 0 radical (unpaired) electrons. The van der Waals surface area contributed by atoms with Crippen molar-refractivity contribution in [2.24, 2.45) is 7.05 Å². The molecule has 0 saturated heterocycles. The smallest absolute Gasteiger partial charge is 0.143 e. The van der Waals surface area contributed by atoms with Crippen LogP contribution >= 0.6 is 11.6 Å². The van der Waals surface area contributed by atoms with Crippen molar-refractivity contribution >= 4 is 17.4 Å². The zero-order valence-electron chi connectivity index (χ0n) is 10.8. The van der Waals surface area contributed by atoms with Crippen LogP contribution in [0.2, 0.25) is 5.02 Å². The molecule has 0 bridgehead atoms. The number of halogens is 1. The molecule has 2 aromatic rings. The van der Waals surface area contributed by atoms with Gasteiger partial charge in [-0.3, -0.25) is 4.68 Å². The molecule has 1 aliphatic rings. The summed E-state index contributed by atoms with van der Waals surface area (Å²) in [5, 5.41) is 15.0. The van der Waals surface area contributed by atoms with Gasteiger partial charge in [-0.1, -0.05) is 11.6 Å². The second kappa shape index (κ2) is 4.46. The van der Waals surface area contributed by atoms with Gasteiger partial charge in [0.25, 0.3) is 0 Å². The Morgan fingerprint density at radius 1 is 1.32 bits per heavy atom. The van der Waals surface area contributed by atoms with Gasteiger partial charge in [-0.05, 0) is 42.9 Å². The van der Waals surface area contributed by atoms with Crippen LogP contribution in [-0.2, 0) is 19.9 Å². The summed E-state index contributed by atoms with van der Waals surface area (Å²) in [6.07, 6.45) is 4.25. The third kappa shape index (κ3) is 1.96. The van der Waals surface area contributed by atoms with Crippen LogP contribution in [0.4, 0.5) is 5.82 Å². The molecule has 0 spiro atoms. The van der Waals surface area contributed by atoms with Gasteiger partial charge in [0.05, 0.1) is 10.7 Å². The van der Waals surface area contributed by atoms with Gasteiger partial charge in [-0.25, -0.2) is 0 Å². The molecule has 1 aliphatic carbocycles. The maximum atomic E-state index is 10.3. The molecule has 0 atom stereocenters. The van der Waals surface area contributed by atoms with Gasteiger partial charge in [0.1, 0.15) is 11.6 Å². The number of rotatable bonds is 1. The van der Waals surface area contributed by atoms with E-state index in [0.717, 1.165) is 36.8 Å². The standard InChI is InChI=1S/C14H16ClN3O/c1-18-12(16)7-11(17-18)13-9-5-3-2-4-8(9)6-10(15)14(13)19/h6-7,19H,2-5,16H2,1H3. The van der Waals surface area contributed by atoms with E-state index in [4.69, 9.17) is 17.3 Å². The number of nitrogens with zero attached hydrogens (tertiary/aromatic N) is 2. The molecule has 3 N–H and O–H groups in total. The topological polar surface area (TPSA) is 64.1 Å². The van der Waals surface area contributed by atoms with Crippen molar-refractivity contribution in [3.05, 3.63) is 28.3 Å². The number of fused-ring (bicyclic) bond motifs is 1. The first-order valence-electron chi connectivity index (χ1n) is 6.41. The fraction of sp³-hybridized carbons (Fsp3) is 0.357. The Kier molecular flexibility index (Phi) is 2.90. The highest BCUT2D eigenvalue weighted by Gasteiger charge is 2.22. The summed E-state index contributed by atoms with van der Waals surface area (Å²) in [7, 11) is 1.78. The van der Waals surface area contributed by atoms with Crippen LogP contribution in [-0.4, -0.2) is 14.9 Å². The van der Waals surface area contributed by atoms with Gasteiger partial charge in [0, 0.05) is 18.7 Å². The van der Waals surface area contributed by atoms with E-state index in [0.29, 0.717) is 16.5 Å². The number of anilines is 1. The summed E-state index contributed by atoms with van der Waals surface area (Å²) < 4.78 is 1.60. The van der Waals surface area contributed by atoms with E-state index in [1.807, 2.05) is 6.07 Å². The molecular formula is C14H16ClN3O. The molecule has 100 valence electrons. The molecular weight excluding hydrogens is 262 g/mol. The third-order valence-electron chi connectivity index (χ3n) is 3.75. The Hall–Kier alpha value is -1.68. The lowest BCUT2D eigenvalue weighted by Gasteiger charge is -2.20. The summed E-state index contributed by atoms with van der Waals surface area (Å²) >= 11 is 6.13. The molecule has 0 fully saturated rings. The summed E-state index contributed by atoms with van der Waals surface area (Å²) in [5.41, 5.74) is 9.64. The molecule has 0 aliphatic heterocycles. The number of aryl methyl sites for hydroxylation is 2. The number of aromatic hydroxyl groups is 1. The van der Waals surface area contributed by atoms with Crippen molar-refractivity contribution in [3.63, 3.8) is 0 Å². The summed E-state index contributed by atoms with van der Waals surface area (Å²) in [5.74, 6) is 0.680. The second-order valence-electron chi connectivity index (χ2n) is 5.00. The van der Waals surface area contributed by atoms with Crippen molar-refractivity contribution in [1.29, 1.82) is 0 Å². The number of hydrogen-bond acceptors (Lipinski definition) is 3. The minimum absolute atomic E-state index is 0.111. The zero-order valence-corrected chi connectivity index (χ0v) is 11.5. The molecule has 0 saturated carbocycles. The minimum Gasteiger partial charge on any atom is -0.506 e. The zero-order chi connectivity index (χ0) is 13.6. The Labute approximate surface area is 116 Å². The van der Waals surface area contributed by atoms with E-state index in [-0.39, 0.29) is 5.75 Å². The number of nitrogen functional groups attached to an aromatic ring is 1. The maximum absolute atomic E-state index is 10.3. The highest BCUT2D eigenvalue weighted by Crippen LogP contribution is 2.42. The van der Waals surface area contributed by atoms with Crippen LogP contribution in [0.1, 0.15) is 24.0 Å². The van der Waals surface area contributed by atoms with Crippen molar-refractivity contribution in [1.82, 2.24) is 9.78 Å². The highest BCUT2D eigenvalue weighted by molar-refractivity contribution is 6.32. The van der Waals surface area contributed by atoms with Crippen molar-refractivity contribution in [2.75, 3.05) is 5.73 Å². The fourth-order valence-corrected chi connectivity index (χ4v) is 2.96. The largest absolute Gasteiger partial charge is 0.506 e. The molecule has 3 rings (SSSR count). The van der Waals surface area contributed by atoms with E-state index >= 15 is 0 Å². The van der Waals surface area contributed by atoms with Crippen LogP contribution in [0.15, 0.2) is 12.1 Å². The van der Waals surface area contributed by atoms with Crippen LogP contribution < -0.4 is 5.73 Å². The van der Waals surface area contributed by atoms with Crippen LogP contribution in [0.3, 0.4) is 0 Å². The van der Waals surface area contributed by atoms with Crippen molar-refractivity contribution in [2.45, 2.75) is 25.7 Å². The Morgan fingerprint density at radius 3 is 2.74 bits per heavy atom. The normalized spacial score (nSPS) is 14.4. The molecule has 1 heterocycles. The number of hydrogen-bond donors (Lipinski definition) is 2. The van der Waals surface area contributed by atoms with Gasteiger partial charge in [-0.2, -0.15) is 5.10 Å². The predicted octanol–water partition coefficient (Wildman–Crippen LogP) is 2.91. The number of phenolic OH excluding ortho intramolecular Hbond substituents is 1. The lowest BCUT2D eigenvalue weighted by molar-refractivity contribution is 0.475. The molecule has 19 heavy (non-hydrogen) atoms. The molecule has 0 unspecified atom stereocenters. The average Bonchev–Trinajstić information content (AvgIpc) is 2.71. The van der Waals surface area contributed by atoms with Crippen molar-refractivity contribution < 1.29 is 5.11 Å². The van der Waals surface area contributed by atoms with E-state index in [1.54, 1.807) is 17.8 Å². The molecule has 1 aromatic carbocycles. The van der Waals surface area contributed by atoms with Gasteiger partial charge in [-0.15, -0.1) is 0 Å². The van der Waals surface area contributed by atoms with E-state index in [9.17, 15) is 5.11 Å². The first-order chi connectivity index (χ1) is 9.08. The maximum Gasteiger partial charge on any atom is 0.143 e. The predicted molar refractivity (Wildman–Crippen MR) is 76.4 cm³/mol. The number of phenols is 1. The van der Waals surface area contributed by atoms with Crippen LogP contribution in [0.25, 0.3) is 11.3 Å². The van der Waals surface area contributed by atoms with Crippen LogP contribution in [0, 0.1) is 0 Å². The molecule has 0 amide bonds. The molecule has 4 nitrogen and oxygen atoms in total. The summed E-state index contributed by atoms with van der Waals surface area (Å²) in [6, 6.07) is 3.65. The van der Waals surface area contributed by atoms with Gasteiger partial charge >= 0.3 is 0 Å². The molecule has 1 aromatic heterocycles. The fourth-order valence-electron chi connectivity index (χ4n) is 2.74. The third-order valence-corrected chi connectivity index (χ3v) is 4.04. The monoisotopic (exact) mass is 277 g/mol. The van der Waals surface area contributed by atoms with E-state index in [1.165, 1.54) is 5.56 Å². The van der Waals surface area contributed by atoms with E-state index in [2.05, 4.69) is 5.10 Å². The minimum atomic E-state index is 0.111. The molecule has 5 heteroatoms. The first-order valence-corrected chi connectivity index (χ1v) is 6.79. The van der Waals surface area contributed by atoms with Gasteiger partial charge in [0.15, 0.2) is 0 Å². The number of aromatic nitrogens is 2. The summed E-state index contributed by atoms with van der Waals surface area (Å²) in [6.45, 7) is 0. The van der Waals surface area contributed by atoms with Gasteiger partial charge in [0.2, 0.25) is 0 Å². The number of nitrogens with two attached hydrogens (primary N) is 1. The highest BCUT2D eigenvalue weighted by atomic mass is 35.5. The lowest BCUT2D eigenvalue weighted by atomic mass is 9.86. The number of benzene rings is 1. The quantitative estimate of drug-likeness (QED) is 0.842. The Morgan fingerprint density at radius 2 is 2.05 bits per heavy atom. The van der Waals surface area contributed by atoms with E-state index < -0.39 is 0 Å². The van der Waals surface area contributed by atoms with Crippen molar-refractivity contribution in [3.8, 4) is 17.0 Å².